The van der Waals surface area contributed by atoms with Crippen molar-refractivity contribution in [3.05, 3.63) is 53.8 Å². The zero-order valence-corrected chi connectivity index (χ0v) is 12.4. The topological polar surface area (TPSA) is 47.6 Å². The standard InChI is InChI=1S/C16H14F3NO3/c1-9(23-11-5-3-10(22-2)4-6-11)16(21)20-13-8-7-12(17)14(18)15(13)19/h3-9H,1-2H3,(H,20,21)/t9-/m1/s1. The maximum Gasteiger partial charge on any atom is 0.265 e. The minimum absolute atomic E-state index is 0.402. The van der Waals surface area contributed by atoms with E-state index in [1.54, 1.807) is 24.3 Å². The second kappa shape index (κ2) is 7.04. The van der Waals surface area contributed by atoms with E-state index in [9.17, 15) is 18.0 Å². The number of hydrogen-bond acceptors (Lipinski definition) is 3. The number of anilines is 1. The molecular weight excluding hydrogens is 311 g/mol. The molecule has 122 valence electrons. The van der Waals surface area contributed by atoms with Gasteiger partial charge in [0.25, 0.3) is 5.91 Å². The average Bonchev–Trinajstić information content (AvgIpc) is 2.56. The summed E-state index contributed by atoms with van der Waals surface area (Å²) in [5, 5.41) is 2.15. The van der Waals surface area contributed by atoms with Crippen LogP contribution in [0.5, 0.6) is 11.5 Å². The van der Waals surface area contributed by atoms with Gasteiger partial charge in [-0.25, -0.2) is 13.2 Å². The zero-order chi connectivity index (χ0) is 17.0. The number of amides is 1. The van der Waals surface area contributed by atoms with Gasteiger partial charge in [-0.05, 0) is 43.3 Å². The number of rotatable bonds is 5. The number of hydrogen-bond donors (Lipinski definition) is 1. The molecule has 2 aromatic carbocycles. The van der Waals surface area contributed by atoms with Crippen LogP contribution in [0.2, 0.25) is 0 Å². The summed E-state index contributed by atoms with van der Waals surface area (Å²) in [5.41, 5.74) is -0.459. The highest BCUT2D eigenvalue weighted by Crippen LogP contribution is 2.21. The van der Waals surface area contributed by atoms with E-state index in [0.29, 0.717) is 11.5 Å². The van der Waals surface area contributed by atoms with Crippen molar-refractivity contribution >= 4 is 11.6 Å². The third-order valence-corrected chi connectivity index (χ3v) is 3.03. The van der Waals surface area contributed by atoms with E-state index in [1.165, 1.54) is 14.0 Å². The molecule has 7 heteroatoms. The van der Waals surface area contributed by atoms with Gasteiger partial charge in [0.1, 0.15) is 11.5 Å². The number of carbonyl (C=O) groups is 1. The summed E-state index contributed by atoms with van der Waals surface area (Å²) in [6.07, 6.45) is -0.976. The van der Waals surface area contributed by atoms with E-state index >= 15 is 0 Å². The number of benzene rings is 2. The predicted molar refractivity (Wildman–Crippen MR) is 78.0 cm³/mol. The third kappa shape index (κ3) is 3.94. The van der Waals surface area contributed by atoms with Crippen LogP contribution in [0.1, 0.15) is 6.92 Å². The number of carbonyl (C=O) groups excluding carboxylic acids is 1. The quantitative estimate of drug-likeness (QED) is 0.856. The first-order valence-corrected chi connectivity index (χ1v) is 6.67. The first kappa shape index (κ1) is 16.7. The van der Waals surface area contributed by atoms with Gasteiger partial charge < -0.3 is 14.8 Å². The van der Waals surface area contributed by atoms with E-state index in [1.807, 2.05) is 0 Å². The predicted octanol–water partition coefficient (Wildman–Crippen LogP) is 3.52. The van der Waals surface area contributed by atoms with Crippen molar-refractivity contribution in [2.24, 2.45) is 0 Å². The Hall–Kier alpha value is -2.70. The Morgan fingerprint density at radius 2 is 1.61 bits per heavy atom. The summed E-state index contributed by atoms with van der Waals surface area (Å²) in [7, 11) is 1.52. The van der Waals surface area contributed by atoms with Gasteiger partial charge >= 0.3 is 0 Å². The lowest BCUT2D eigenvalue weighted by molar-refractivity contribution is -0.122. The SMILES string of the molecule is COc1ccc(O[C@H](C)C(=O)Nc2ccc(F)c(F)c2F)cc1. The molecule has 1 amide bonds. The number of methoxy groups -OCH3 is 1. The van der Waals surface area contributed by atoms with Gasteiger partial charge in [0.15, 0.2) is 23.6 Å². The van der Waals surface area contributed by atoms with Crippen molar-refractivity contribution in [1.29, 1.82) is 0 Å². The maximum absolute atomic E-state index is 13.5. The molecule has 0 bridgehead atoms. The number of nitrogens with one attached hydrogen (secondary N) is 1. The molecule has 0 aromatic heterocycles. The summed E-state index contributed by atoms with van der Waals surface area (Å²) in [6.45, 7) is 1.44. The van der Waals surface area contributed by atoms with Crippen molar-refractivity contribution in [2.75, 3.05) is 12.4 Å². The molecule has 4 nitrogen and oxygen atoms in total. The Balaban J connectivity index is 2.03. The minimum atomic E-state index is -1.65. The molecule has 0 saturated heterocycles. The second-order valence-corrected chi connectivity index (χ2v) is 4.65. The van der Waals surface area contributed by atoms with Gasteiger partial charge in [-0.15, -0.1) is 0 Å². The first-order chi connectivity index (χ1) is 10.9. The highest BCUT2D eigenvalue weighted by atomic mass is 19.2. The molecule has 1 N–H and O–H groups in total. The monoisotopic (exact) mass is 325 g/mol. The first-order valence-electron chi connectivity index (χ1n) is 6.67. The van der Waals surface area contributed by atoms with Crippen LogP contribution < -0.4 is 14.8 Å². The second-order valence-electron chi connectivity index (χ2n) is 4.65. The van der Waals surface area contributed by atoms with Gasteiger partial charge in [-0.2, -0.15) is 0 Å². The fourth-order valence-electron chi connectivity index (χ4n) is 1.77. The molecule has 0 heterocycles. The van der Waals surface area contributed by atoms with Crippen LogP contribution in [0.25, 0.3) is 0 Å². The van der Waals surface area contributed by atoms with E-state index in [0.717, 1.165) is 12.1 Å². The highest BCUT2D eigenvalue weighted by molar-refractivity contribution is 5.94. The normalized spacial score (nSPS) is 11.7. The Bertz CT molecular complexity index is 704. The van der Waals surface area contributed by atoms with Crippen molar-refractivity contribution < 1.29 is 27.4 Å². The number of halogens is 3. The molecular formula is C16H14F3NO3. The van der Waals surface area contributed by atoms with Crippen molar-refractivity contribution in [1.82, 2.24) is 0 Å². The van der Waals surface area contributed by atoms with E-state index < -0.39 is 35.2 Å². The van der Waals surface area contributed by atoms with Crippen LogP contribution in [-0.4, -0.2) is 19.1 Å². The molecule has 0 aliphatic rings. The summed E-state index contributed by atoms with van der Waals surface area (Å²) >= 11 is 0. The molecule has 0 unspecified atom stereocenters. The van der Waals surface area contributed by atoms with Crippen LogP contribution in [0, 0.1) is 17.5 Å². The molecule has 0 spiro atoms. The fraction of sp³-hybridized carbons (Fsp3) is 0.188. The highest BCUT2D eigenvalue weighted by Gasteiger charge is 2.19. The molecule has 2 aromatic rings. The molecule has 0 saturated carbocycles. The lowest BCUT2D eigenvalue weighted by atomic mass is 10.2. The Labute approximate surface area is 130 Å². The van der Waals surface area contributed by atoms with Crippen LogP contribution in [0.4, 0.5) is 18.9 Å². The Morgan fingerprint density at radius 1 is 1.00 bits per heavy atom. The van der Waals surface area contributed by atoms with E-state index in [2.05, 4.69) is 5.32 Å². The van der Waals surface area contributed by atoms with Crippen LogP contribution >= 0.6 is 0 Å². The molecule has 0 aliphatic heterocycles. The molecule has 2 rings (SSSR count). The van der Waals surface area contributed by atoms with Gasteiger partial charge in [-0.1, -0.05) is 0 Å². The summed E-state index contributed by atoms with van der Waals surface area (Å²) in [4.78, 5) is 11.9. The van der Waals surface area contributed by atoms with Crippen LogP contribution in [0.3, 0.4) is 0 Å². The molecule has 0 radical (unpaired) electrons. The van der Waals surface area contributed by atoms with Gasteiger partial charge in [0.05, 0.1) is 12.8 Å². The average molecular weight is 325 g/mol. The lowest BCUT2D eigenvalue weighted by Gasteiger charge is -2.15. The molecule has 1 atom stereocenters. The summed E-state index contributed by atoms with van der Waals surface area (Å²) < 4.78 is 49.8. The Morgan fingerprint density at radius 3 is 2.22 bits per heavy atom. The molecule has 0 fully saturated rings. The third-order valence-electron chi connectivity index (χ3n) is 3.03. The van der Waals surface area contributed by atoms with Crippen LogP contribution in [-0.2, 0) is 4.79 Å². The smallest absolute Gasteiger partial charge is 0.265 e. The van der Waals surface area contributed by atoms with E-state index in [4.69, 9.17) is 9.47 Å². The van der Waals surface area contributed by atoms with E-state index in [-0.39, 0.29) is 0 Å². The van der Waals surface area contributed by atoms with Gasteiger partial charge in [-0.3, -0.25) is 4.79 Å². The van der Waals surface area contributed by atoms with Crippen molar-refractivity contribution in [2.45, 2.75) is 13.0 Å². The number of ether oxygens (including phenoxy) is 2. The van der Waals surface area contributed by atoms with Crippen molar-refractivity contribution in [3.8, 4) is 11.5 Å². The van der Waals surface area contributed by atoms with Crippen LogP contribution in [0.15, 0.2) is 36.4 Å². The lowest BCUT2D eigenvalue weighted by Crippen LogP contribution is -2.30. The maximum atomic E-state index is 13.5. The van der Waals surface area contributed by atoms with Gasteiger partial charge in [0, 0.05) is 0 Å². The van der Waals surface area contributed by atoms with Crippen molar-refractivity contribution in [3.63, 3.8) is 0 Å². The summed E-state index contributed by atoms with van der Waals surface area (Å²) in [5.74, 6) is -4.12. The zero-order valence-electron chi connectivity index (χ0n) is 12.4. The van der Waals surface area contributed by atoms with Gasteiger partial charge in [0.2, 0.25) is 0 Å². The summed E-state index contributed by atoms with van der Waals surface area (Å²) in [6, 6.07) is 8.15. The molecule has 23 heavy (non-hydrogen) atoms. The molecule has 0 aliphatic carbocycles. The fourth-order valence-corrected chi connectivity index (χ4v) is 1.77. The largest absolute Gasteiger partial charge is 0.497 e. The Kier molecular flexibility index (Phi) is 5.10. The minimum Gasteiger partial charge on any atom is -0.497 e.